The lowest BCUT2D eigenvalue weighted by molar-refractivity contribution is -0.164. The van der Waals surface area contributed by atoms with Crippen LogP contribution in [0, 0.1) is 11.8 Å². The molecular formula is C12H20O3. The average molecular weight is 212 g/mol. The molecule has 2 aliphatic rings. The van der Waals surface area contributed by atoms with Crippen LogP contribution in [0.5, 0.6) is 0 Å². The summed E-state index contributed by atoms with van der Waals surface area (Å²) in [4.78, 5) is 11.3. The van der Waals surface area contributed by atoms with Crippen molar-refractivity contribution in [3.8, 4) is 0 Å². The van der Waals surface area contributed by atoms with E-state index in [0.717, 1.165) is 19.3 Å². The van der Waals surface area contributed by atoms with Crippen molar-refractivity contribution in [1.29, 1.82) is 0 Å². The fourth-order valence-corrected chi connectivity index (χ4v) is 3.40. The molecule has 3 atom stereocenters. The van der Waals surface area contributed by atoms with Gasteiger partial charge in [0, 0.05) is 12.3 Å². The second-order valence-electron chi connectivity index (χ2n) is 5.61. The number of hydrogen-bond acceptors (Lipinski definition) is 3. The zero-order valence-corrected chi connectivity index (χ0v) is 9.75. The monoisotopic (exact) mass is 212 g/mol. The zero-order chi connectivity index (χ0) is 11.3. The summed E-state index contributed by atoms with van der Waals surface area (Å²) < 4.78 is 5.56. The quantitative estimate of drug-likeness (QED) is 0.675. The predicted octanol–water partition coefficient (Wildman–Crippen LogP) is 1.88. The van der Waals surface area contributed by atoms with Crippen molar-refractivity contribution in [2.45, 2.75) is 57.7 Å². The normalized spacial score (nSPS) is 41.2. The minimum absolute atomic E-state index is 0.0893. The van der Waals surface area contributed by atoms with E-state index in [1.165, 1.54) is 0 Å². The van der Waals surface area contributed by atoms with Gasteiger partial charge in [0.15, 0.2) is 0 Å². The Balaban J connectivity index is 2.30. The van der Waals surface area contributed by atoms with E-state index in [1.807, 2.05) is 13.8 Å². The standard InChI is InChI=1S/C12H20O3/c1-8-4-5-9(11(2,3)14)12(8)7-6-10(13)15-12/h8-9,14H,4-7H2,1-3H3/t8-,9-,12+/m0/s1. The number of carbonyl (C=O) groups is 1. The molecule has 3 heteroatoms. The van der Waals surface area contributed by atoms with Gasteiger partial charge in [-0.3, -0.25) is 4.79 Å². The van der Waals surface area contributed by atoms with Crippen LogP contribution in [0.3, 0.4) is 0 Å². The molecular weight excluding hydrogens is 192 g/mol. The Bertz CT molecular complexity index is 279. The number of aliphatic hydroxyl groups is 1. The van der Waals surface area contributed by atoms with Crippen molar-refractivity contribution in [1.82, 2.24) is 0 Å². The fourth-order valence-electron chi connectivity index (χ4n) is 3.40. The first-order valence-electron chi connectivity index (χ1n) is 5.80. The molecule has 3 nitrogen and oxygen atoms in total. The van der Waals surface area contributed by atoms with Gasteiger partial charge in [-0.15, -0.1) is 0 Å². The first-order chi connectivity index (χ1) is 6.86. The molecule has 1 saturated carbocycles. The lowest BCUT2D eigenvalue weighted by Gasteiger charge is -2.39. The Morgan fingerprint density at radius 2 is 2.13 bits per heavy atom. The van der Waals surface area contributed by atoms with E-state index in [0.29, 0.717) is 12.3 Å². The molecule has 0 bridgehead atoms. The molecule has 15 heavy (non-hydrogen) atoms. The molecule has 1 aliphatic heterocycles. The summed E-state index contributed by atoms with van der Waals surface area (Å²) in [7, 11) is 0. The van der Waals surface area contributed by atoms with Crippen LogP contribution in [0.2, 0.25) is 0 Å². The van der Waals surface area contributed by atoms with Crippen molar-refractivity contribution in [3.63, 3.8) is 0 Å². The smallest absolute Gasteiger partial charge is 0.306 e. The van der Waals surface area contributed by atoms with Gasteiger partial charge < -0.3 is 9.84 Å². The number of rotatable bonds is 1. The highest BCUT2D eigenvalue weighted by Gasteiger charge is 2.58. The Morgan fingerprint density at radius 3 is 2.60 bits per heavy atom. The molecule has 0 unspecified atom stereocenters. The minimum Gasteiger partial charge on any atom is -0.458 e. The molecule has 0 aromatic heterocycles. The molecule has 1 aliphatic carbocycles. The Morgan fingerprint density at radius 1 is 1.47 bits per heavy atom. The van der Waals surface area contributed by atoms with Crippen LogP contribution in [-0.4, -0.2) is 22.3 Å². The summed E-state index contributed by atoms with van der Waals surface area (Å²) in [5.74, 6) is 0.366. The summed E-state index contributed by atoms with van der Waals surface area (Å²) in [5.41, 5.74) is -1.13. The third-order valence-electron chi connectivity index (χ3n) is 4.19. The van der Waals surface area contributed by atoms with Crippen LogP contribution in [0.4, 0.5) is 0 Å². The molecule has 86 valence electrons. The highest BCUT2D eigenvalue weighted by molar-refractivity contribution is 5.72. The van der Waals surface area contributed by atoms with Crippen molar-refractivity contribution < 1.29 is 14.6 Å². The van der Waals surface area contributed by atoms with E-state index in [2.05, 4.69) is 6.92 Å². The van der Waals surface area contributed by atoms with Crippen LogP contribution in [0.15, 0.2) is 0 Å². The van der Waals surface area contributed by atoms with Crippen LogP contribution in [-0.2, 0) is 9.53 Å². The van der Waals surface area contributed by atoms with Crippen LogP contribution in [0.1, 0.15) is 46.5 Å². The number of carbonyl (C=O) groups excluding carboxylic acids is 1. The first kappa shape index (κ1) is 10.9. The lowest BCUT2D eigenvalue weighted by Crippen LogP contribution is -2.48. The molecule has 1 heterocycles. The summed E-state index contributed by atoms with van der Waals surface area (Å²) in [6, 6.07) is 0. The summed E-state index contributed by atoms with van der Waals surface area (Å²) >= 11 is 0. The van der Waals surface area contributed by atoms with Gasteiger partial charge in [-0.25, -0.2) is 0 Å². The Kier molecular flexibility index (Phi) is 2.34. The maximum absolute atomic E-state index is 11.3. The van der Waals surface area contributed by atoms with Gasteiger partial charge in [-0.1, -0.05) is 6.92 Å². The lowest BCUT2D eigenvalue weighted by atomic mass is 9.75. The third-order valence-corrected chi connectivity index (χ3v) is 4.19. The van der Waals surface area contributed by atoms with Gasteiger partial charge in [0.05, 0.1) is 5.60 Å². The highest BCUT2D eigenvalue weighted by atomic mass is 16.6. The van der Waals surface area contributed by atoms with Crippen molar-refractivity contribution in [2.75, 3.05) is 0 Å². The highest BCUT2D eigenvalue weighted by Crippen LogP contribution is 2.53. The molecule has 1 spiro atoms. The minimum atomic E-state index is -0.755. The van der Waals surface area contributed by atoms with Gasteiger partial charge in [-0.2, -0.15) is 0 Å². The summed E-state index contributed by atoms with van der Waals surface area (Å²) in [6.45, 7) is 5.78. The topological polar surface area (TPSA) is 46.5 Å². The molecule has 0 radical (unpaired) electrons. The first-order valence-corrected chi connectivity index (χ1v) is 5.80. The van der Waals surface area contributed by atoms with Gasteiger partial charge in [0.2, 0.25) is 0 Å². The van der Waals surface area contributed by atoms with E-state index >= 15 is 0 Å². The fraction of sp³-hybridized carbons (Fsp3) is 0.917. The van der Waals surface area contributed by atoms with Gasteiger partial charge in [0.1, 0.15) is 5.60 Å². The molecule has 0 aromatic rings. The van der Waals surface area contributed by atoms with E-state index in [9.17, 15) is 9.90 Å². The van der Waals surface area contributed by atoms with Crippen molar-refractivity contribution >= 4 is 5.97 Å². The summed E-state index contributed by atoms with van der Waals surface area (Å²) in [6.07, 6.45) is 3.29. The molecule has 1 saturated heterocycles. The van der Waals surface area contributed by atoms with Crippen molar-refractivity contribution in [3.05, 3.63) is 0 Å². The molecule has 1 N–H and O–H groups in total. The Labute approximate surface area is 90.8 Å². The van der Waals surface area contributed by atoms with E-state index in [4.69, 9.17) is 4.74 Å². The SMILES string of the molecule is C[C@H]1CC[C@@H](C(C)(C)O)[C@@]12CCC(=O)O2. The van der Waals surface area contributed by atoms with Gasteiger partial charge >= 0.3 is 5.97 Å². The Hall–Kier alpha value is -0.570. The second-order valence-corrected chi connectivity index (χ2v) is 5.61. The molecule has 2 fully saturated rings. The zero-order valence-electron chi connectivity index (χ0n) is 9.75. The molecule has 0 amide bonds. The van der Waals surface area contributed by atoms with Gasteiger partial charge in [0.25, 0.3) is 0 Å². The maximum Gasteiger partial charge on any atom is 0.306 e. The number of ether oxygens (including phenoxy) is 1. The largest absolute Gasteiger partial charge is 0.458 e. The molecule has 2 rings (SSSR count). The number of esters is 1. The average Bonchev–Trinajstić information content (AvgIpc) is 2.59. The van der Waals surface area contributed by atoms with E-state index in [1.54, 1.807) is 0 Å². The van der Waals surface area contributed by atoms with Crippen molar-refractivity contribution in [2.24, 2.45) is 11.8 Å². The van der Waals surface area contributed by atoms with E-state index in [-0.39, 0.29) is 17.5 Å². The van der Waals surface area contributed by atoms with Crippen LogP contribution in [0.25, 0.3) is 0 Å². The second kappa shape index (κ2) is 3.21. The summed E-state index contributed by atoms with van der Waals surface area (Å²) in [5, 5.41) is 10.2. The van der Waals surface area contributed by atoms with E-state index < -0.39 is 5.60 Å². The third kappa shape index (κ3) is 1.57. The maximum atomic E-state index is 11.3. The predicted molar refractivity (Wildman–Crippen MR) is 56.2 cm³/mol. The number of hydrogen-bond donors (Lipinski definition) is 1. The molecule has 0 aromatic carbocycles. The van der Waals surface area contributed by atoms with Crippen LogP contribution >= 0.6 is 0 Å². The van der Waals surface area contributed by atoms with Crippen LogP contribution < -0.4 is 0 Å². The van der Waals surface area contributed by atoms with Gasteiger partial charge in [-0.05, 0) is 39.0 Å².